The second-order valence-corrected chi connectivity index (χ2v) is 5.84. The maximum Gasteiger partial charge on any atom is 0.129 e. The Balaban J connectivity index is 4.49. The molecule has 0 aliphatic rings. The van der Waals surface area contributed by atoms with Crippen LogP contribution >= 0.6 is 12.6 Å². The number of aliphatic hydroxyl groups excluding tert-OH is 1. The minimum atomic E-state index is -1.03. The highest BCUT2D eigenvalue weighted by molar-refractivity contribution is 7.81. The molecule has 0 unspecified atom stereocenters. The van der Waals surface area contributed by atoms with Gasteiger partial charge in [0, 0.05) is 5.25 Å². The summed E-state index contributed by atoms with van der Waals surface area (Å²) in [6, 6.07) is 0. The van der Waals surface area contributed by atoms with Crippen molar-refractivity contribution in [3.05, 3.63) is 0 Å². The third-order valence-corrected chi connectivity index (χ3v) is 2.28. The molecule has 0 aromatic heterocycles. The Hall–Kier alpha value is -0.210. The lowest BCUT2D eigenvalue weighted by Gasteiger charge is -2.22. The first-order valence-corrected chi connectivity index (χ1v) is 6.40. The molecule has 0 fully saturated rings. The first-order chi connectivity index (χ1) is 7.61. The maximum atomic E-state index is 9.53. The van der Waals surface area contributed by atoms with E-state index in [4.69, 9.17) is 4.74 Å². The summed E-state index contributed by atoms with van der Waals surface area (Å²) in [5.41, 5.74) is -1.03. The van der Waals surface area contributed by atoms with Gasteiger partial charge < -0.3 is 14.9 Å². The minimum absolute atomic E-state index is 0.0544. The van der Waals surface area contributed by atoms with Crippen LogP contribution in [0.1, 0.15) is 41.0 Å². The second kappa shape index (κ2) is 7.27. The highest BCUT2D eigenvalue weighted by Gasteiger charge is 2.17. The maximum absolute atomic E-state index is 9.53. The molecule has 0 aromatic carbocycles. The van der Waals surface area contributed by atoms with Crippen molar-refractivity contribution in [2.75, 3.05) is 0 Å². The van der Waals surface area contributed by atoms with Gasteiger partial charge in [-0.3, -0.25) is 0 Å². The van der Waals surface area contributed by atoms with Gasteiger partial charge in [0.05, 0.1) is 12.2 Å². The van der Waals surface area contributed by atoms with Crippen LogP contribution in [0.3, 0.4) is 0 Å². The van der Waals surface area contributed by atoms with Crippen LogP contribution in [0.2, 0.25) is 0 Å². The molecule has 0 radical (unpaired) electrons. The van der Waals surface area contributed by atoms with Gasteiger partial charge in [-0.25, -0.2) is 0 Å². The van der Waals surface area contributed by atoms with Crippen LogP contribution in [0.15, 0.2) is 0 Å². The van der Waals surface area contributed by atoms with Crippen LogP contribution in [0.5, 0.6) is 0 Å². The topological polar surface area (TPSA) is 49.7 Å². The van der Waals surface area contributed by atoms with Gasteiger partial charge in [0.1, 0.15) is 11.7 Å². The first-order valence-electron chi connectivity index (χ1n) is 5.88. The summed E-state index contributed by atoms with van der Waals surface area (Å²) in [7, 11) is 0. The smallest absolute Gasteiger partial charge is 0.129 e. The Bertz CT molecular complexity index is 271. The van der Waals surface area contributed by atoms with Gasteiger partial charge >= 0.3 is 0 Å². The zero-order valence-corrected chi connectivity index (χ0v) is 12.2. The molecule has 0 heterocycles. The molecule has 0 aliphatic carbocycles. The van der Waals surface area contributed by atoms with Crippen LogP contribution in [-0.4, -0.2) is 39.4 Å². The van der Waals surface area contributed by atoms with Gasteiger partial charge in [-0.05, 0) is 34.1 Å². The fourth-order valence-electron chi connectivity index (χ4n) is 1.30. The van der Waals surface area contributed by atoms with Crippen molar-refractivity contribution < 1.29 is 14.9 Å². The number of rotatable bonds is 5. The molecule has 0 saturated carbocycles. The van der Waals surface area contributed by atoms with Crippen LogP contribution in [-0.2, 0) is 4.74 Å². The minimum Gasteiger partial charge on any atom is -0.393 e. The van der Waals surface area contributed by atoms with Gasteiger partial charge in [0.25, 0.3) is 0 Å². The lowest BCUT2D eigenvalue weighted by atomic mass is 10.1. The summed E-state index contributed by atoms with van der Waals surface area (Å²) < 4.78 is 5.70. The molecule has 0 aliphatic heterocycles. The molecule has 0 bridgehead atoms. The molecule has 0 rings (SSSR count). The number of hydrogen-bond acceptors (Lipinski definition) is 4. The van der Waals surface area contributed by atoms with Crippen LogP contribution in [0, 0.1) is 11.8 Å². The molecule has 0 spiro atoms. The zero-order valence-electron chi connectivity index (χ0n) is 11.3. The number of aliphatic hydroxyl groups is 2. The normalized spacial score (nSPS) is 18.8. The molecule has 0 saturated heterocycles. The number of thiol groups is 1. The molecular weight excluding hydrogens is 236 g/mol. The average molecular weight is 260 g/mol. The van der Waals surface area contributed by atoms with Crippen molar-refractivity contribution in [2.45, 2.75) is 70.2 Å². The Morgan fingerprint density at radius 2 is 1.82 bits per heavy atom. The first kappa shape index (κ1) is 16.8. The van der Waals surface area contributed by atoms with E-state index >= 15 is 0 Å². The fourth-order valence-corrected chi connectivity index (χ4v) is 1.45. The summed E-state index contributed by atoms with van der Waals surface area (Å²) >= 11 is 4.32. The molecule has 4 atom stereocenters. The summed E-state index contributed by atoms with van der Waals surface area (Å²) in [5, 5.41) is 18.7. The average Bonchev–Trinajstić information content (AvgIpc) is 2.08. The van der Waals surface area contributed by atoms with E-state index in [9.17, 15) is 10.2 Å². The van der Waals surface area contributed by atoms with Crippen LogP contribution in [0.4, 0.5) is 0 Å². The van der Waals surface area contributed by atoms with Gasteiger partial charge in [-0.1, -0.05) is 18.8 Å². The van der Waals surface area contributed by atoms with Crippen molar-refractivity contribution in [3.63, 3.8) is 0 Å². The second-order valence-electron chi connectivity index (χ2n) is 5.02. The van der Waals surface area contributed by atoms with Gasteiger partial charge in [0.2, 0.25) is 0 Å². The van der Waals surface area contributed by atoms with Crippen molar-refractivity contribution in [1.29, 1.82) is 0 Å². The SMILES string of the molecule is C[C@H](O)C[C@H](C)O[C@H](C#CC(C)(C)O)[C@@H](C)S. The molecule has 2 N–H and O–H groups in total. The monoisotopic (exact) mass is 260 g/mol. The number of hydrogen-bond donors (Lipinski definition) is 3. The van der Waals surface area contributed by atoms with Crippen molar-refractivity contribution >= 4 is 12.6 Å². The van der Waals surface area contributed by atoms with E-state index in [0.29, 0.717) is 6.42 Å². The fraction of sp³-hybridized carbons (Fsp3) is 0.846. The van der Waals surface area contributed by atoms with E-state index in [1.807, 2.05) is 13.8 Å². The summed E-state index contributed by atoms with van der Waals surface area (Å²) in [4.78, 5) is 0. The summed E-state index contributed by atoms with van der Waals surface area (Å²) in [6.07, 6.45) is -0.284. The predicted octanol–water partition coefficient (Wildman–Crippen LogP) is 1.62. The Labute approximate surface area is 110 Å². The molecule has 4 heteroatoms. The van der Waals surface area contributed by atoms with E-state index in [2.05, 4.69) is 24.5 Å². The zero-order chi connectivity index (χ0) is 13.6. The predicted molar refractivity (Wildman–Crippen MR) is 73.2 cm³/mol. The van der Waals surface area contributed by atoms with Gasteiger partial charge in [-0.15, -0.1) is 0 Å². The van der Waals surface area contributed by atoms with E-state index in [0.717, 1.165) is 0 Å². The Morgan fingerprint density at radius 1 is 1.29 bits per heavy atom. The largest absolute Gasteiger partial charge is 0.393 e. The quantitative estimate of drug-likeness (QED) is 0.520. The lowest BCUT2D eigenvalue weighted by molar-refractivity contribution is 0.00238. The van der Waals surface area contributed by atoms with Crippen LogP contribution in [0.25, 0.3) is 0 Å². The van der Waals surface area contributed by atoms with Crippen molar-refractivity contribution in [3.8, 4) is 11.8 Å². The van der Waals surface area contributed by atoms with Gasteiger partial charge in [0.15, 0.2) is 0 Å². The highest BCUT2D eigenvalue weighted by Crippen LogP contribution is 2.12. The Morgan fingerprint density at radius 3 is 2.18 bits per heavy atom. The number of ether oxygens (including phenoxy) is 1. The summed E-state index contributed by atoms with van der Waals surface area (Å²) in [6.45, 7) is 8.75. The molecule has 3 nitrogen and oxygen atoms in total. The van der Waals surface area contributed by atoms with E-state index in [-0.39, 0.29) is 17.5 Å². The molecule has 0 aromatic rings. The molecule has 100 valence electrons. The molecule has 0 amide bonds. The van der Waals surface area contributed by atoms with E-state index in [1.54, 1.807) is 20.8 Å². The third-order valence-electron chi connectivity index (χ3n) is 2.01. The summed E-state index contributed by atoms with van der Waals surface area (Å²) in [5.74, 6) is 5.61. The van der Waals surface area contributed by atoms with E-state index < -0.39 is 11.7 Å². The van der Waals surface area contributed by atoms with Crippen molar-refractivity contribution in [1.82, 2.24) is 0 Å². The van der Waals surface area contributed by atoms with E-state index in [1.165, 1.54) is 0 Å². The lowest BCUT2D eigenvalue weighted by Crippen LogP contribution is -2.28. The van der Waals surface area contributed by atoms with Crippen molar-refractivity contribution in [2.24, 2.45) is 0 Å². The van der Waals surface area contributed by atoms with Crippen LogP contribution < -0.4 is 0 Å². The Kier molecular flexibility index (Phi) is 7.18. The highest BCUT2D eigenvalue weighted by atomic mass is 32.1. The standard InChI is InChI=1S/C13H24O3S/c1-9(14)8-10(2)16-12(11(3)17)6-7-13(4,5)15/h9-12,14-15,17H,8H2,1-5H3/t9-,10-,11+,12+/m0/s1. The van der Waals surface area contributed by atoms with Gasteiger partial charge in [-0.2, -0.15) is 12.6 Å². The third kappa shape index (κ3) is 9.49. The molecule has 17 heavy (non-hydrogen) atoms. The molecular formula is C13H24O3S.